The first kappa shape index (κ1) is 16.9. The summed E-state index contributed by atoms with van der Waals surface area (Å²) in [6, 6.07) is 1.14. The van der Waals surface area contributed by atoms with E-state index in [1.165, 1.54) is 25.9 Å². The fourth-order valence-electron chi connectivity index (χ4n) is 3.22. The van der Waals surface area contributed by atoms with Gasteiger partial charge in [0.2, 0.25) is 0 Å². The number of nitrogens with zero attached hydrogens (tertiary/aromatic N) is 2. The number of aliphatic hydroxyl groups is 1. The van der Waals surface area contributed by atoms with E-state index in [2.05, 4.69) is 42.9 Å². The number of hydrogen-bond acceptors (Lipinski definition) is 4. The van der Waals surface area contributed by atoms with Crippen LogP contribution in [0.15, 0.2) is 0 Å². The third-order valence-electron chi connectivity index (χ3n) is 4.68. The molecule has 114 valence electrons. The lowest BCUT2D eigenvalue weighted by Gasteiger charge is -2.39. The second-order valence-electron chi connectivity index (χ2n) is 6.44. The van der Waals surface area contributed by atoms with E-state index in [1.807, 2.05) is 7.05 Å². The van der Waals surface area contributed by atoms with Gasteiger partial charge >= 0.3 is 0 Å². The minimum atomic E-state index is -0.171. The van der Waals surface area contributed by atoms with E-state index in [1.54, 1.807) is 0 Å². The molecule has 1 heterocycles. The zero-order chi connectivity index (χ0) is 14.5. The molecule has 0 radical (unpaired) electrons. The van der Waals surface area contributed by atoms with Crippen LogP contribution in [0.3, 0.4) is 0 Å². The molecule has 4 nitrogen and oxygen atoms in total. The maximum absolute atomic E-state index is 9.56. The number of aliphatic hydroxyl groups excluding tert-OH is 1. The molecule has 1 fully saturated rings. The van der Waals surface area contributed by atoms with Gasteiger partial charge in [0, 0.05) is 24.2 Å². The first-order chi connectivity index (χ1) is 8.95. The standard InChI is InChI=1S/C15H33N3O/c1-6-14-11-17(5)8-7-9-18(14)13(2)10-15(3,12-19)16-4/h13-14,16,19H,6-12H2,1-5H3. The number of hydrogen-bond donors (Lipinski definition) is 2. The van der Waals surface area contributed by atoms with Gasteiger partial charge in [-0.1, -0.05) is 6.92 Å². The molecule has 4 heteroatoms. The smallest absolute Gasteiger partial charge is 0.0611 e. The van der Waals surface area contributed by atoms with Gasteiger partial charge in [-0.3, -0.25) is 4.90 Å². The summed E-state index contributed by atoms with van der Waals surface area (Å²) in [4.78, 5) is 5.10. The molecule has 0 amide bonds. The van der Waals surface area contributed by atoms with Crippen molar-refractivity contribution >= 4 is 0 Å². The molecule has 1 saturated heterocycles. The monoisotopic (exact) mass is 271 g/mol. The Morgan fingerprint density at radius 2 is 2.11 bits per heavy atom. The maximum Gasteiger partial charge on any atom is 0.0611 e. The highest BCUT2D eigenvalue weighted by atomic mass is 16.3. The summed E-state index contributed by atoms with van der Waals surface area (Å²) < 4.78 is 0. The van der Waals surface area contributed by atoms with Gasteiger partial charge in [0.25, 0.3) is 0 Å². The second kappa shape index (κ2) is 7.58. The summed E-state index contributed by atoms with van der Waals surface area (Å²) >= 11 is 0. The molecule has 3 unspecified atom stereocenters. The van der Waals surface area contributed by atoms with Crippen LogP contribution in [0.1, 0.15) is 40.0 Å². The van der Waals surface area contributed by atoms with E-state index in [4.69, 9.17) is 0 Å². The predicted octanol–water partition coefficient (Wildman–Crippen LogP) is 1.15. The second-order valence-corrected chi connectivity index (χ2v) is 6.44. The molecule has 0 spiro atoms. The normalized spacial score (nSPS) is 27.8. The summed E-state index contributed by atoms with van der Waals surface area (Å²) in [6.45, 7) is 10.4. The maximum atomic E-state index is 9.56. The van der Waals surface area contributed by atoms with E-state index < -0.39 is 0 Å². The molecule has 1 aliphatic rings. The van der Waals surface area contributed by atoms with Crippen LogP contribution in [0, 0.1) is 0 Å². The SMILES string of the molecule is CCC1CN(C)CCCN1C(C)CC(C)(CO)NC. The Labute approximate surface area is 119 Å². The highest BCUT2D eigenvalue weighted by Gasteiger charge is 2.31. The van der Waals surface area contributed by atoms with Gasteiger partial charge in [-0.2, -0.15) is 0 Å². The average Bonchev–Trinajstić information content (AvgIpc) is 2.59. The van der Waals surface area contributed by atoms with Crippen LogP contribution in [0.25, 0.3) is 0 Å². The van der Waals surface area contributed by atoms with E-state index in [-0.39, 0.29) is 12.1 Å². The van der Waals surface area contributed by atoms with Gasteiger partial charge in [-0.15, -0.1) is 0 Å². The Balaban J connectivity index is 2.69. The van der Waals surface area contributed by atoms with Gasteiger partial charge in [-0.05, 0) is 60.3 Å². The molecule has 1 rings (SSSR count). The van der Waals surface area contributed by atoms with Crippen molar-refractivity contribution in [3.05, 3.63) is 0 Å². The third-order valence-corrected chi connectivity index (χ3v) is 4.68. The fraction of sp³-hybridized carbons (Fsp3) is 1.00. The zero-order valence-electron chi connectivity index (χ0n) is 13.4. The van der Waals surface area contributed by atoms with Gasteiger partial charge in [0.15, 0.2) is 0 Å². The Morgan fingerprint density at radius 3 is 2.63 bits per heavy atom. The van der Waals surface area contributed by atoms with E-state index in [9.17, 15) is 5.11 Å². The van der Waals surface area contributed by atoms with Crippen LogP contribution in [0.4, 0.5) is 0 Å². The lowest BCUT2D eigenvalue weighted by Crippen LogP contribution is -2.52. The van der Waals surface area contributed by atoms with Crippen LogP contribution in [0.2, 0.25) is 0 Å². The third kappa shape index (κ3) is 4.71. The van der Waals surface area contributed by atoms with Crippen molar-refractivity contribution < 1.29 is 5.11 Å². The van der Waals surface area contributed by atoms with Crippen molar-refractivity contribution in [1.82, 2.24) is 15.1 Å². The van der Waals surface area contributed by atoms with Crippen LogP contribution in [0.5, 0.6) is 0 Å². The molecule has 0 bridgehead atoms. The van der Waals surface area contributed by atoms with Crippen LogP contribution in [-0.2, 0) is 0 Å². The summed E-state index contributed by atoms with van der Waals surface area (Å²) in [5, 5.41) is 12.8. The zero-order valence-corrected chi connectivity index (χ0v) is 13.4. The average molecular weight is 271 g/mol. The van der Waals surface area contributed by atoms with Crippen molar-refractivity contribution in [2.24, 2.45) is 0 Å². The summed E-state index contributed by atoms with van der Waals surface area (Å²) in [5.41, 5.74) is -0.171. The van der Waals surface area contributed by atoms with Crippen molar-refractivity contribution in [3.8, 4) is 0 Å². The topological polar surface area (TPSA) is 38.7 Å². The molecule has 0 aromatic rings. The number of likely N-dealkylation sites (N-methyl/N-ethyl adjacent to an activating group) is 2. The Hall–Kier alpha value is -0.160. The lowest BCUT2D eigenvalue weighted by atomic mass is 9.93. The molecule has 1 aliphatic heterocycles. The summed E-state index contributed by atoms with van der Waals surface area (Å²) in [6.07, 6.45) is 3.43. The number of nitrogens with one attached hydrogen (secondary N) is 1. The van der Waals surface area contributed by atoms with E-state index in [0.717, 1.165) is 13.0 Å². The lowest BCUT2D eigenvalue weighted by molar-refractivity contribution is 0.0888. The molecule has 0 aromatic heterocycles. The van der Waals surface area contributed by atoms with Crippen LogP contribution in [-0.4, -0.2) is 72.9 Å². The first-order valence-electron chi connectivity index (χ1n) is 7.69. The van der Waals surface area contributed by atoms with Crippen LogP contribution < -0.4 is 5.32 Å². The highest BCUT2D eigenvalue weighted by Crippen LogP contribution is 2.21. The summed E-state index contributed by atoms with van der Waals surface area (Å²) in [5.74, 6) is 0. The molecule has 3 atom stereocenters. The Morgan fingerprint density at radius 1 is 1.42 bits per heavy atom. The molecule has 0 aliphatic carbocycles. The Kier molecular flexibility index (Phi) is 6.74. The quantitative estimate of drug-likeness (QED) is 0.760. The van der Waals surface area contributed by atoms with Gasteiger partial charge < -0.3 is 15.3 Å². The van der Waals surface area contributed by atoms with Crippen molar-refractivity contribution in [1.29, 1.82) is 0 Å². The van der Waals surface area contributed by atoms with Crippen molar-refractivity contribution in [3.63, 3.8) is 0 Å². The minimum Gasteiger partial charge on any atom is -0.394 e. The molecule has 2 N–H and O–H groups in total. The van der Waals surface area contributed by atoms with Gasteiger partial charge in [0.1, 0.15) is 0 Å². The molecule has 0 saturated carbocycles. The fourth-order valence-corrected chi connectivity index (χ4v) is 3.22. The highest BCUT2D eigenvalue weighted by molar-refractivity contribution is 4.89. The first-order valence-corrected chi connectivity index (χ1v) is 7.69. The largest absolute Gasteiger partial charge is 0.394 e. The Bertz CT molecular complexity index is 256. The number of rotatable bonds is 6. The summed E-state index contributed by atoms with van der Waals surface area (Å²) in [7, 11) is 4.17. The molecule has 0 aromatic carbocycles. The van der Waals surface area contributed by atoms with E-state index >= 15 is 0 Å². The minimum absolute atomic E-state index is 0.171. The van der Waals surface area contributed by atoms with Gasteiger partial charge in [0.05, 0.1) is 6.61 Å². The molecule has 19 heavy (non-hydrogen) atoms. The van der Waals surface area contributed by atoms with Crippen molar-refractivity contribution in [2.45, 2.75) is 57.7 Å². The predicted molar refractivity (Wildman–Crippen MR) is 81.5 cm³/mol. The molecular formula is C15H33N3O. The van der Waals surface area contributed by atoms with Crippen LogP contribution >= 0.6 is 0 Å². The van der Waals surface area contributed by atoms with Gasteiger partial charge in [-0.25, -0.2) is 0 Å². The van der Waals surface area contributed by atoms with E-state index in [0.29, 0.717) is 12.1 Å². The molecular weight excluding hydrogens is 238 g/mol. The van der Waals surface area contributed by atoms with Crippen molar-refractivity contribution in [2.75, 3.05) is 40.3 Å².